The SMILES string of the molecule is NCC(F)CC1CCNCC1. The Hall–Kier alpha value is -0.150. The predicted molar refractivity (Wildman–Crippen MR) is 44.2 cm³/mol. The summed E-state index contributed by atoms with van der Waals surface area (Å²) in [6.07, 6.45) is 2.11. The predicted octanol–water partition coefficient (Wildman–Crippen LogP) is 0.673. The maximum Gasteiger partial charge on any atom is 0.113 e. The van der Waals surface area contributed by atoms with Gasteiger partial charge in [0, 0.05) is 6.54 Å². The molecule has 2 nitrogen and oxygen atoms in total. The van der Waals surface area contributed by atoms with Crippen LogP contribution >= 0.6 is 0 Å². The molecular weight excluding hydrogens is 143 g/mol. The van der Waals surface area contributed by atoms with Crippen molar-refractivity contribution < 1.29 is 4.39 Å². The maximum absolute atomic E-state index is 12.8. The molecule has 1 aliphatic rings. The monoisotopic (exact) mass is 160 g/mol. The average molecular weight is 160 g/mol. The third-order valence-corrected chi connectivity index (χ3v) is 2.30. The number of alkyl halides is 1. The fourth-order valence-electron chi connectivity index (χ4n) is 1.58. The minimum Gasteiger partial charge on any atom is -0.328 e. The minimum absolute atomic E-state index is 0.184. The minimum atomic E-state index is -0.780. The van der Waals surface area contributed by atoms with Crippen molar-refractivity contribution in [1.29, 1.82) is 0 Å². The van der Waals surface area contributed by atoms with Gasteiger partial charge in [0.2, 0.25) is 0 Å². The van der Waals surface area contributed by atoms with Crippen LogP contribution in [0.3, 0.4) is 0 Å². The molecule has 0 amide bonds. The van der Waals surface area contributed by atoms with Crippen LogP contribution in [0, 0.1) is 5.92 Å². The van der Waals surface area contributed by atoms with E-state index in [2.05, 4.69) is 5.32 Å². The smallest absolute Gasteiger partial charge is 0.113 e. The van der Waals surface area contributed by atoms with Gasteiger partial charge in [0.1, 0.15) is 6.17 Å². The Labute approximate surface area is 67.3 Å². The molecule has 0 aromatic rings. The second-order valence-electron chi connectivity index (χ2n) is 3.26. The van der Waals surface area contributed by atoms with Crippen LogP contribution in [0.4, 0.5) is 4.39 Å². The highest BCUT2D eigenvalue weighted by atomic mass is 19.1. The molecule has 1 aliphatic heterocycles. The van der Waals surface area contributed by atoms with E-state index in [9.17, 15) is 4.39 Å². The molecular formula is C8H17FN2. The molecule has 3 heteroatoms. The summed E-state index contributed by atoms with van der Waals surface area (Å²) in [6.45, 7) is 2.27. The Kier molecular flexibility index (Phi) is 3.80. The number of rotatable bonds is 3. The quantitative estimate of drug-likeness (QED) is 0.637. The van der Waals surface area contributed by atoms with Gasteiger partial charge in [0.25, 0.3) is 0 Å². The number of nitrogens with one attached hydrogen (secondary N) is 1. The number of piperidine rings is 1. The van der Waals surface area contributed by atoms with Gasteiger partial charge in [-0.2, -0.15) is 0 Å². The zero-order valence-corrected chi connectivity index (χ0v) is 6.85. The summed E-state index contributed by atoms with van der Waals surface area (Å²) < 4.78 is 12.8. The molecule has 1 atom stereocenters. The molecule has 3 N–H and O–H groups in total. The zero-order chi connectivity index (χ0) is 8.10. The molecule has 0 aliphatic carbocycles. The van der Waals surface area contributed by atoms with Crippen molar-refractivity contribution in [2.24, 2.45) is 11.7 Å². The molecule has 0 radical (unpaired) electrons. The Morgan fingerprint density at radius 3 is 2.64 bits per heavy atom. The molecule has 0 spiro atoms. The van der Waals surface area contributed by atoms with E-state index in [1.54, 1.807) is 0 Å². The van der Waals surface area contributed by atoms with Crippen molar-refractivity contribution in [2.75, 3.05) is 19.6 Å². The van der Waals surface area contributed by atoms with E-state index < -0.39 is 6.17 Å². The second kappa shape index (κ2) is 4.67. The van der Waals surface area contributed by atoms with Crippen molar-refractivity contribution in [2.45, 2.75) is 25.4 Å². The molecule has 1 fully saturated rings. The lowest BCUT2D eigenvalue weighted by Gasteiger charge is -2.23. The third kappa shape index (κ3) is 3.16. The Bertz CT molecular complexity index is 102. The molecule has 1 unspecified atom stereocenters. The van der Waals surface area contributed by atoms with Crippen LogP contribution in [0.5, 0.6) is 0 Å². The van der Waals surface area contributed by atoms with Crippen LogP contribution in [0.25, 0.3) is 0 Å². The molecule has 0 bridgehead atoms. The summed E-state index contributed by atoms with van der Waals surface area (Å²) >= 11 is 0. The van der Waals surface area contributed by atoms with Gasteiger partial charge < -0.3 is 11.1 Å². The van der Waals surface area contributed by atoms with Crippen molar-refractivity contribution in [3.8, 4) is 0 Å². The van der Waals surface area contributed by atoms with Crippen molar-refractivity contribution >= 4 is 0 Å². The van der Waals surface area contributed by atoms with E-state index >= 15 is 0 Å². The van der Waals surface area contributed by atoms with Crippen LogP contribution in [-0.4, -0.2) is 25.8 Å². The molecule has 0 saturated carbocycles. The van der Waals surface area contributed by atoms with E-state index in [1.165, 1.54) is 0 Å². The standard InChI is InChI=1S/C8H17FN2/c9-8(6-10)5-7-1-3-11-4-2-7/h7-8,11H,1-6,10H2. The first-order valence-electron chi connectivity index (χ1n) is 4.37. The van der Waals surface area contributed by atoms with Gasteiger partial charge in [-0.15, -0.1) is 0 Å². The summed E-state index contributed by atoms with van der Waals surface area (Å²) in [6, 6.07) is 0. The van der Waals surface area contributed by atoms with Gasteiger partial charge in [-0.05, 0) is 38.3 Å². The Morgan fingerprint density at radius 2 is 2.09 bits per heavy atom. The topological polar surface area (TPSA) is 38.0 Å². The van der Waals surface area contributed by atoms with Crippen LogP contribution in [0.1, 0.15) is 19.3 Å². The molecule has 0 aromatic carbocycles. The number of halogens is 1. The molecule has 66 valence electrons. The summed E-state index contributed by atoms with van der Waals surface area (Å²) in [7, 11) is 0. The normalized spacial score (nSPS) is 23.5. The summed E-state index contributed by atoms with van der Waals surface area (Å²) in [5.41, 5.74) is 5.20. The highest BCUT2D eigenvalue weighted by Gasteiger charge is 2.16. The van der Waals surface area contributed by atoms with Crippen molar-refractivity contribution in [3.05, 3.63) is 0 Å². The van der Waals surface area contributed by atoms with E-state index in [0.29, 0.717) is 12.3 Å². The summed E-state index contributed by atoms with van der Waals surface area (Å²) in [4.78, 5) is 0. The molecule has 1 heterocycles. The summed E-state index contributed by atoms with van der Waals surface area (Å²) in [5.74, 6) is 0.565. The van der Waals surface area contributed by atoms with Gasteiger partial charge in [-0.1, -0.05) is 0 Å². The van der Waals surface area contributed by atoms with Crippen molar-refractivity contribution in [3.63, 3.8) is 0 Å². The maximum atomic E-state index is 12.8. The second-order valence-corrected chi connectivity index (χ2v) is 3.26. The van der Waals surface area contributed by atoms with Crippen LogP contribution in [-0.2, 0) is 0 Å². The van der Waals surface area contributed by atoms with E-state index in [4.69, 9.17) is 5.73 Å². The summed E-state index contributed by atoms with van der Waals surface area (Å²) in [5, 5.41) is 3.25. The highest BCUT2D eigenvalue weighted by Crippen LogP contribution is 2.18. The lowest BCUT2D eigenvalue weighted by atomic mass is 9.92. The van der Waals surface area contributed by atoms with Gasteiger partial charge >= 0.3 is 0 Å². The van der Waals surface area contributed by atoms with E-state index in [-0.39, 0.29) is 6.54 Å². The first kappa shape index (κ1) is 8.94. The number of hydrogen-bond acceptors (Lipinski definition) is 2. The molecule has 0 aromatic heterocycles. The largest absolute Gasteiger partial charge is 0.328 e. The van der Waals surface area contributed by atoms with Crippen LogP contribution in [0.2, 0.25) is 0 Å². The van der Waals surface area contributed by atoms with Crippen molar-refractivity contribution in [1.82, 2.24) is 5.32 Å². The number of nitrogens with two attached hydrogens (primary N) is 1. The van der Waals surface area contributed by atoms with Crippen LogP contribution in [0.15, 0.2) is 0 Å². The first-order chi connectivity index (χ1) is 5.33. The lowest BCUT2D eigenvalue weighted by Crippen LogP contribution is -2.30. The highest BCUT2D eigenvalue weighted by molar-refractivity contribution is 4.72. The third-order valence-electron chi connectivity index (χ3n) is 2.30. The van der Waals surface area contributed by atoms with Gasteiger partial charge in [0.15, 0.2) is 0 Å². The van der Waals surface area contributed by atoms with Gasteiger partial charge in [-0.25, -0.2) is 4.39 Å². The lowest BCUT2D eigenvalue weighted by molar-refractivity contribution is 0.242. The van der Waals surface area contributed by atoms with Gasteiger partial charge in [0.05, 0.1) is 0 Å². The first-order valence-corrected chi connectivity index (χ1v) is 4.37. The molecule has 1 saturated heterocycles. The average Bonchev–Trinajstić information content (AvgIpc) is 2.06. The fourth-order valence-corrected chi connectivity index (χ4v) is 1.58. The van der Waals surface area contributed by atoms with E-state index in [1.807, 2.05) is 0 Å². The molecule has 11 heavy (non-hydrogen) atoms. The number of hydrogen-bond donors (Lipinski definition) is 2. The Balaban J connectivity index is 2.13. The van der Waals surface area contributed by atoms with Crippen LogP contribution < -0.4 is 11.1 Å². The van der Waals surface area contributed by atoms with E-state index in [0.717, 1.165) is 25.9 Å². The van der Waals surface area contributed by atoms with Gasteiger partial charge in [-0.3, -0.25) is 0 Å². The zero-order valence-electron chi connectivity index (χ0n) is 6.85. The Morgan fingerprint density at radius 1 is 1.45 bits per heavy atom. The fraction of sp³-hybridized carbons (Fsp3) is 1.00. The molecule has 1 rings (SSSR count).